The van der Waals surface area contributed by atoms with Crippen LogP contribution in [0.1, 0.15) is 0 Å². The van der Waals surface area contributed by atoms with E-state index in [1.165, 1.54) is 20.2 Å². The van der Waals surface area contributed by atoms with Gasteiger partial charge in [0.2, 0.25) is 0 Å². The van der Waals surface area contributed by atoms with Gasteiger partial charge in [0.25, 0.3) is 0 Å². The molecule has 0 saturated heterocycles. The van der Waals surface area contributed by atoms with E-state index >= 15 is 0 Å². The quantitative estimate of drug-likeness (QED) is 0.220. The van der Waals surface area contributed by atoms with E-state index in [1.54, 1.807) is 0 Å². The molecule has 0 amide bonds. The third-order valence-corrected chi connectivity index (χ3v) is 8.41. The van der Waals surface area contributed by atoms with Gasteiger partial charge >= 0.3 is 0 Å². The molecule has 3 nitrogen and oxygen atoms in total. The molecule has 0 radical (unpaired) electrons. The summed E-state index contributed by atoms with van der Waals surface area (Å²) in [5.41, 5.74) is 5.62. The van der Waals surface area contributed by atoms with Gasteiger partial charge in [-0.15, -0.1) is 11.3 Å². The Morgan fingerprint density at radius 3 is 1.69 bits per heavy atom. The average molecular weight is 516 g/mol. The third-order valence-electron chi connectivity index (χ3n) is 7.28. The second-order valence-corrected chi connectivity index (χ2v) is 10.7. The molecule has 0 aliphatic heterocycles. The van der Waals surface area contributed by atoms with E-state index in [0.29, 0.717) is 5.82 Å². The predicted molar refractivity (Wildman–Crippen MR) is 164 cm³/mol. The van der Waals surface area contributed by atoms with E-state index in [1.807, 2.05) is 47.7 Å². The van der Waals surface area contributed by atoms with Gasteiger partial charge < -0.3 is 0 Å². The van der Waals surface area contributed by atoms with E-state index in [4.69, 9.17) is 15.0 Å². The molecule has 0 atom stereocenters. The summed E-state index contributed by atoms with van der Waals surface area (Å²) in [7, 11) is 0. The van der Waals surface area contributed by atoms with Crippen molar-refractivity contribution in [3.8, 4) is 34.0 Å². The van der Waals surface area contributed by atoms with Gasteiger partial charge in [0.05, 0.1) is 16.9 Å². The largest absolute Gasteiger partial charge is 0.244 e. The van der Waals surface area contributed by atoms with Crippen LogP contribution in [0.4, 0.5) is 0 Å². The molecule has 0 unspecified atom stereocenters. The lowest BCUT2D eigenvalue weighted by molar-refractivity contribution is 1.16. The SMILES string of the molecule is c1ccc(-c2cc(-c3ccccc3)nc(-c3nc4cc5sc6ccccc6c5cc4c4ccccc34)n2)cc1. The maximum absolute atomic E-state index is 5.25. The Kier molecular flexibility index (Phi) is 5.00. The van der Waals surface area contributed by atoms with Crippen molar-refractivity contribution in [2.24, 2.45) is 0 Å². The zero-order chi connectivity index (χ0) is 25.8. The van der Waals surface area contributed by atoms with Crippen LogP contribution in [0.5, 0.6) is 0 Å². The van der Waals surface area contributed by atoms with Crippen molar-refractivity contribution in [2.75, 3.05) is 0 Å². The number of aromatic nitrogens is 3. The molecule has 0 saturated carbocycles. The van der Waals surface area contributed by atoms with Crippen LogP contribution in [0.15, 0.2) is 127 Å². The van der Waals surface area contributed by atoms with Gasteiger partial charge in [0, 0.05) is 42.1 Å². The monoisotopic (exact) mass is 515 g/mol. The molecule has 182 valence electrons. The highest BCUT2D eigenvalue weighted by atomic mass is 32.1. The molecule has 39 heavy (non-hydrogen) atoms. The summed E-state index contributed by atoms with van der Waals surface area (Å²) in [5, 5.41) is 5.92. The fourth-order valence-corrected chi connectivity index (χ4v) is 6.53. The summed E-state index contributed by atoms with van der Waals surface area (Å²) in [5.74, 6) is 0.629. The lowest BCUT2D eigenvalue weighted by Gasteiger charge is -2.12. The molecule has 3 heterocycles. The van der Waals surface area contributed by atoms with Crippen LogP contribution in [-0.2, 0) is 0 Å². The Bertz CT molecular complexity index is 2110. The number of pyridine rings is 1. The van der Waals surface area contributed by atoms with Crippen molar-refractivity contribution in [2.45, 2.75) is 0 Å². The van der Waals surface area contributed by atoms with Gasteiger partial charge in [-0.25, -0.2) is 15.0 Å². The fraction of sp³-hybridized carbons (Fsp3) is 0. The topological polar surface area (TPSA) is 38.7 Å². The first-order chi connectivity index (χ1) is 19.3. The number of thiophene rings is 1. The highest BCUT2D eigenvalue weighted by Crippen LogP contribution is 2.39. The van der Waals surface area contributed by atoms with Gasteiger partial charge in [0.1, 0.15) is 5.69 Å². The standard InChI is InChI=1S/C35H21N3S/c1-3-11-22(12-4-1)29-20-30(23-13-5-2-6-14-23)38-35(37-29)34-26-17-8-7-15-24(26)27-19-28-25-16-9-10-18-32(25)39-33(28)21-31(27)36-34/h1-21H. The van der Waals surface area contributed by atoms with E-state index in [2.05, 4.69) is 91.0 Å². The number of rotatable bonds is 3. The van der Waals surface area contributed by atoms with Crippen molar-refractivity contribution in [1.82, 2.24) is 15.0 Å². The smallest absolute Gasteiger partial charge is 0.179 e. The van der Waals surface area contributed by atoms with E-state index in [0.717, 1.165) is 49.9 Å². The fourth-order valence-electron chi connectivity index (χ4n) is 5.41. The summed E-state index contributed by atoms with van der Waals surface area (Å²) in [4.78, 5) is 15.4. The minimum absolute atomic E-state index is 0.629. The Balaban J connectivity index is 1.44. The Morgan fingerprint density at radius 1 is 0.410 bits per heavy atom. The first-order valence-corrected chi connectivity index (χ1v) is 13.8. The van der Waals surface area contributed by atoms with Crippen LogP contribution in [0, 0.1) is 0 Å². The summed E-state index contributed by atoms with van der Waals surface area (Å²) in [6.07, 6.45) is 0. The van der Waals surface area contributed by atoms with Gasteiger partial charge in [-0.3, -0.25) is 0 Å². The molecule has 0 aliphatic carbocycles. The molecule has 0 bridgehead atoms. The molecule has 8 aromatic rings. The first-order valence-electron chi connectivity index (χ1n) is 13.0. The zero-order valence-electron chi connectivity index (χ0n) is 20.9. The van der Waals surface area contributed by atoms with Gasteiger partial charge in [-0.1, -0.05) is 103 Å². The number of hydrogen-bond acceptors (Lipinski definition) is 4. The maximum atomic E-state index is 5.25. The molecule has 0 N–H and O–H groups in total. The van der Waals surface area contributed by atoms with Crippen LogP contribution in [0.3, 0.4) is 0 Å². The van der Waals surface area contributed by atoms with Gasteiger partial charge in [-0.05, 0) is 29.7 Å². The number of fused-ring (bicyclic) bond motifs is 6. The zero-order valence-corrected chi connectivity index (χ0v) is 21.7. The lowest BCUT2D eigenvalue weighted by Crippen LogP contribution is -1.99. The molecular formula is C35H21N3S. The minimum Gasteiger partial charge on any atom is -0.244 e. The van der Waals surface area contributed by atoms with E-state index < -0.39 is 0 Å². The molecule has 3 aromatic heterocycles. The highest BCUT2D eigenvalue weighted by Gasteiger charge is 2.17. The van der Waals surface area contributed by atoms with Crippen LogP contribution < -0.4 is 0 Å². The molecule has 5 aromatic carbocycles. The van der Waals surface area contributed by atoms with Crippen molar-refractivity contribution in [3.05, 3.63) is 127 Å². The summed E-state index contributed by atoms with van der Waals surface area (Å²) >= 11 is 1.81. The van der Waals surface area contributed by atoms with E-state index in [-0.39, 0.29) is 0 Å². The second-order valence-electron chi connectivity index (χ2n) is 9.66. The van der Waals surface area contributed by atoms with Crippen molar-refractivity contribution in [3.63, 3.8) is 0 Å². The van der Waals surface area contributed by atoms with Gasteiger partial charge in [0.15, 0.2) is 5.82 Å². The Hall–Kier alpha value is -4.93. The third kappa shape index (κ3) is 3.69. The number of benzene rings is 5. The van der Waals surface area contributed by atoms with E-state index in [9.17, 15) is 0 Å². The molecule has 4 heteroatoms. The first kappa shape index (κ1) is 22.1. The Labute approximate surface area is 229 Å². The summed E-state index contributed by atoms with van der Waals surface area (Å²) < 4.78 is 2.53. The van der Waals surface area contributed by atoms with Crippen LogP contribution in [0.2, 0.25) is 0 Å². The maximum Gasteiger partial charge on any atom is 0.179 e. The molecule has 0 aliphatic rings. The van der Waals surface area contributed by atoms with Crippen LogP contribution in [-0.4, -0.2) is 15.0 Å². The van der Waals surface area contributed by atoms with Crippen molar-refractivity contribution < 1.29 is 0 Å². The minimum atomic E-state index is 0.629. The second kappa shape index (κ2) is 8.83. The number of hydrogen-bond donors (Lipinski definition) is 0. The van der Waals surface area contributed by atoms with Gasteiger partial charge in [-0.2, -0.15) is 0 Å². The lowest BCUT2D eigenvalue weighted by atomic mass is 10.0. The molecule has 8 rings (SSSR count). The molecule has 0 fully saturated rings. The molecule has 0 spiro atoms. The van der Waals surface area contributed by atoms with Crippen LogP contribution >= 0.6 is 11.3 Å². The number of nitrogens with zero attached hydrogens (tertiary/aromatic N) is 3. The highest BCUT2D eigenvalue weighted by molar-refractivity contribution is 7.25. The summed E-state index contributed by atoms with van der Waals surface area (Å²) in [6.45, 7) is 0. The van der Waals surface area contributed by atoms with Crippen molar-refractivity contribution in [1.29, 1.82) is 0 Å². The molecular weight excluding hydrogens is 494 g/mol. The predicted octanol–water partition coefficient (Wildman–Crippen LogP) is 9.55. The normalized spacial score (nSPS) is 11.6. The Morgan fingerprint density at radius 2 is 1.00 bits per heavy atom. The summed E-state index contributed by atoms with van der Waals surface area (Å²) in [6, 6.07) is 44.3. The van der Waals surface area contributed by atoms with Crippen molar-refractivity contribution >= 4 is 53.2 Å². The van der Waals surface area contributed by atoms with Crippen LogP contribution in [0.25, 0.3) is 75.9 Å². The average Bonchev–Trinajstić information content (AvgIpc) is 3.38.